The van der Waals surface area contributed by atoms with Crippen LogP contribution in [0.4, 0.5) is 0 Å². The van der Waals surface area contributed by atoms with Gasteiger partial charge in [-0.15, -0.1) is 0 Å². The van der Waals surface area contributed by atoms with Crippen LogP contribution in [0.5, 0.6) is 0 Å². The fourth-order valence-corrected chi connectivity index (χ4v) is 3.05. The lowest BCUT2D eigenvalue weighted by atomic mass is 9.76. The molecule has 1 saturated carbocycles. The minimum Gasteiger partial charge on any atom is -0.392 e. The quantitative estimate of drug-likeness (QED) is 0.633. The van der Waals surface area contributed by atoms with Crippen LogP contribution >= 0.6 is 0 Å². The molecule has 0 amide bonds. The first kappa shape index (κ1) is 9.97. The Hall–Kier alpha value is -0.560. The third-order valence-corrected chi connectivity index (χ3v) is 4.28. The van der Waals surface area contributed by atoms with Gasteiger partial charge in [0.25, 0.3) is 0 Å². The fourth-order valence-electron chi connectivity index (χ4n) is 3.05. The van der Waals surface area contributed by atoms with Crippen LogP contribution in [0.3, 0.4) is 0 Å². The highest BCUT2D eigenvalue weighted by molar-refractivity contribution is 5.29. The second-order valence-corrected chi connectivity index (χ2v) is 5.29. The molecule has 0 unspecified atom stereocenters. The summed E-state index contributed by atoms with van der Waals surface area (Å²) in [5, 5.41) is 8.88. The van der Waals surface area contributed by atoms with Gasteiger partial charge < -0.3 is 5.11 Å². The Kier molecular flexibility index (Phi) is 2.30. The maximum absolute atomic E-state index is 8.88. The number of rotatable bonds is 1. The van der Waals surface area contributed by atoms with Crippen LogP contribution in [0, 0.1) is 17.3 Å². The molecule has 0 radical (unpaired) electrons. The molecule has 0 aromatic heterocycles. The molecule has 0 aromatic carbocycles. The average molecular weight is 192 g/mol. The van der Waals surface area contributed by atoms with E-state index in [0.717, 1.165) is 11.8 Å². The molecular weight excluding hydrogens is 172 g/mol. The van der Waals surface area contributed by atoms with Crippen molar-refractivity contribution in [2.75, 3.05) is 6.61 Å². The third kappa shape index (κ3) is 1.35. The summed E-state index contributed by atoms with van der Waals surface area (Å²) in [6.07, 6.45) is 6.80. The van der Waals surface area contributed by atoms with Gasteiger partial charge in [0.05, 0.1) is 6.61 Å². The monoisotopic (exact) mass is 192 g/mol. The van der Waals surface area contributed by atoms with Crippen molar-refractivity contribution < 1.29 is 5.11 Å². The van der Waals surface area contributed by atoms with E-state index >= 15 is 0 Å². The second-order valence-electron chi connectivity index (χ2n) is 5.29. The Labute approximate surface area is 86.5 Å². The van der Waals surface area contributed by atoms with Crippen molar-refractivity contribution in [1.82, 2.24) is 0 Å². The van der Waals surface area contributed by atoms with Crippen LogP contribution < -0.4 is 0 Å². The molecule has 78 valence electrons. The van der Waals surface area contributed by atoms with Gasteiger partial charge in [-0.3, -0.25) is 0 Å². The molecule has 2 aliphatic carbocycles. The van der Waals surface area contributed by atoms with Crippen LogP contribution in [0.15, 0.2) is 23.3 Å². The van der Waals surface area contributed by atoms with Crippen LogP contribution in [0.25, 0.3) is 0 Å². The van der Waals surface area contributed by atoms with Crippen molar-refractivity contribution >= 4 is 0 Å². The molecule has 1 N–H and O–H groups in total. The maximum atomic E-state index is 8.88. The van der Waals surface area contributed by atoms with Gasteiger partial charge in [0, 0.05) is 0 Å². The molecule has 1 fully saturated rings. The van der Waals surface area contributed by atoms with Crippen LogP contribution in [0.2, 0.25) is 0 Å². The zero-order valence-electron chi connectivity index (χ0n) is 9.38. The molecule has 14 heavy (non-hydrogen) atoms. The Morgan fingerprint density at radius 1 is 1.50 bits per heavy atom. The van der Waals surface area contributed by atoms with E-state index in [1.807, 2.05) is 6.08 Å². The van der Waals surface area contributed by atoms with E-state index in [-0.39, 0.29) is 6.61 Å². The summed E-state index contributed by atoms with van der Waals surface area (Å²) >= 11 is 0. The van der Waals surface area contributed by atoms with Gasteiger partial charge in [-0.2, -0.15) is 0 Å². The summed E-state index contributed by atoms with van der Waals surface area (Å²) in [6.45, 7) is 7.17. The maximum Gasteiger partial charge on any atom is 0.0615 e. The molecule has 0 aliphatic heterocycles. The standard InChI is InChI=1S/C13H20O/c1-9-6-11-7-10(4-5-14)8-12(11)13(9,2)3/h4,6,11-12,14H,5,7-8H2,1-3H3/b10-4+/t11-,12+/m0/s1. The highest BCUT2D eigenvalue weighted by Gasteiger charge is 2.44. The molecule has 0 aromatic rings. The number of allylic oxidation sites excluding steroid dienone is 3. The SMILES string of the molecule is CC1=C[C@H]2C/C(=C\CO)C[C@H]2C1(C)C. The zero-order valence-corrected chi connectivity index (χ0v) is 9.38. The minimum absolute atomic E-state index is 0.206. The number of hydrogen-bond acceptors (Lipinski definition) is 1. The predicted molar refractivity (Wildman–Crippen MR) is 58.9 cm³/mol. The molecular formula is C13H20O. The van der Waals surface area contributed by atoms with Crippen molar-refractivity contribution in [3.63, 3.8) is 0 Å². The summed E-state index contributed by atoms with van der Waals surface area (Å²) < 4.78 is 0. The summed E-state index contributed by atoms with van der Waals surface area (Å²) in [6, 6.07) is 0. The lowest BCUT2D eigenvalue weighted by Crippen LogP contribution is -2.21. The van der Waals surface area contributed by atoms with E-state index in [1.165, 1.54) is 18.4 Å². The summed E-state index contributed by atoms with van der Waals surface area (Å²) in [4.78, 5) is 0. The van der Waals surface area contributed by atoms with E-state index in [2.05, 4.69) is 26.8 Å². The van der Waals surface area contributed by atoms with Crippen LogP contribution in [0.1, 0.15) is 33.6 Å². The smallest absolute Gasteiger partial charge is 0.0615 e. The molecule has 2 aliphatic rings. The number of aliphatic hydroxyl groups excluding tert-OH is 1. The van der Waals surface area contributed by atoms with Crippen molar-refractivity contribution in [3.05, 3.63) is 23.3 Å². The van der Waals surface area contributed by atoms with Gasteiger partial charge in [-0.1, -0.05) is 37.1 Å². The lowest BCUT2D eigenvalue weighted by Gasteiger charge is -2.28. The second kappa shape index (κ2) is 3.23. The summed E-state index contributed by atoms with van der Waals surface area (Å²) in [7, 11) is 0. The largest absolute Gasteiger partial charge is 0.392 e. The van der Waals surface area contributed by atoms with Gasteiger partial charge in [0.1, 0.15) is 0 Å². The Morgan fingerprint density at radius 2 is 2.21 bits per heavy atom. The Bertz CT molecular complexity index is 296. The van der Waals surface area contributed by atoms with Gasteiger partial charge in [0.2, 0.25) is 0 Å². The Balaban J connectivity index is 2.21. The highest BCUT2D eigenvalue weighted by atomic mass is 16.2. The van der Waals surface area contributed by atoms with Crippen LogP contribution in [-0.2, 0) is 0 Å². The minimum atomic E-state index is 0.206. The highest BCUT2D eigenvalue weighted by Crippen LogP contribution is 2.55. The van der Waals surface area contributed by atoms with Gasteiger partial charge in [-0.05, 0) is 37.0 Å². The number of aliphatic hydroxyl groups is 1. The van der Waals surface area contributed by atoms with E-state index in [0.29, 0.717) is 5.41 Å². The first-order valence-corrected chi connectivity index (χ1v) is 5.53. The molecule has 2 atom stereocenters. The van der Waals surface area contributed by atoms with E-state index < -0.39 is 0 Å². The molecule has 1 nitrogen and oxygen atoms in total. The molecule has 1 heteroatoms. The fraction of sp³-hybridized carbons (Fsp3) is 0.692. The normalized spacial score (nSPS) is 37.4. The molecule has 2 rings (SSSR count). The van der Waals surface area contributed by atoms with Gasteiger partial charge in [0.15, 0.2) is 0 Å². The third-order valence-electron chi connectivity index (χ3n) is 4.28. The van der Waals surface area contributed by atoms with E-state index in [9.17, 15) is 0 Å². The zero-order chi connectivity index (χ0) is 10.3. The topological polar surface area (TPSA) is 20.2 Å². The van der Waals surface area contributed by atoms with Crippen molar-refractivity contribution in [1.29, 1.82) is 0 Å². The van der Waals surface area contributed by atoms with Gasteiger partial charge in [-0.25, -0.2) is 0 Å². The first-order chi connectivity index (χ1) is 6.55. The van der Waals surface area contributed by atoms with Crippen molar-refractivity contribution in [3.8, 4) is 0 Å². The Morgan fingerprint density at radius 3 is 2.79 bits per heavy atom. The molecule has 0 heterocycles. The average Bonchev–Trinajstić information content (AvgIpc) is 2.56. The predicted octanol–water partition coefficient (Wildman–Crippen LogP) is 2.92. The van der Waals surface area contributed by atoms with Crippen molar-refractivity contribution in [2.24, 2.45) is 17.3 Å². The molecule has 0 saturated heterocycles. The first-order valence-electron chi connectivity index (χ1n) is 5.53. The van der Waals surface area contributed by atoms with Crippen molar-refractivity contribution in [2.45, 2.75) is 33.6 Å². The van der Waals surface area contributed by atoms with Crippen LogP contribution in [-0.4, -0.2) is 11.7 Å². The lowest BCUT2D eigenvalue weighted by molar-refractivity contribution is 0.266. The molecule has 0 bridgehead atoms. The van der Waals surface area contributed by atoms with E-state index in [4.69, 9.17) is 5.11 Å². The summed E-state index contributed by atoms with van der Waals surface area (Å²) in [5.41, 5.74) is 3.38. The number of hydrogen-bond donors (Lipinski definition) is 1. The summed E-state index contributed by atoms with van der Waals surface area (Å²) in [5.74, 6) is 1.52. The van der Waals surface area contributed by atoms with E-state index in [1.54, 1.807) is 5.57 Å². The number of fused-ring (bicyclic) bond motifs is 1. The van der Waals surface area contributed by atoms with Gasteiger partial charge >= 0.3 is 0 Å². The molecule has 0 spiro atoms.